The molecule has 1 atom stereocenters. The Kier molecular flexibility index (Phi) is 6.77. The van der Waals surface area contributed by atoms with Crippen LogP contribution in [0.3, 0.4) is 0 Å². The summed E-state index contributed by atoms with van der Waals surface area (Å²) in [5.41, 5.74) is 6.37. The lowest BCUT2D eigenvalue weighted by atomic mass is 10.0. The number of ether oxygens (including phenoxy) is 1. The molecule has 0 heterocycles. The summed E-state index contributed by atoms with van der Waals surface area (Å²) in [5.74, 6) is 0.193. The third-order valence-corrected chi connectivity index (χ3v) is 2.29. The molecule has 90 valence electrons. The minimum absolute atomic E-state index is 0. The van der Waals surface area contributed by atoms with Gasteiger partial charge in [0, 0.05) is 17.7 Å². The van der Waals surface area contributed by atoms with E-state index in [0.717, 1.165) is 6.42 Å². The summed E-state index contributed by atoms with van der Waals surface area (Å²) in [7, 11) is 1.51. The number of allylic oxidation sites excluding steroid dienone is 1. The second-order valence-corrected chi connectivity index (χ2v) is 3.36. The predicted octanol–water partition coefficient (Wildman–Crippen LogP) is 3.22. The highest BCUT2D eigenvalue weighted by Gasteiger charge is 2.11. The van der Waals surface area contributed by atoms with Crippen molar-refractivity contribution in [1.82, 2.24) is 0 Å². The average Bonchev–Trinajstić information content (AvgIpc) is 2.25. The zero-order chi connectivity index (χ0) is 11.3. The van der Waals surface area contributed by atoms with Crippen molar-refractivity contribution < 1.29 is 9.13 Å². The number of nitrogens with two attached hydrogens (primary N) is 1. The summed E-state index contributed by atoms with van der Waals surface area (Å²) in [6.07, 6.45) is 3.26. The Morgan fingerprint density at radius 3 is 2.75 bits per heavy atom. The van der Waals surface area contributed by atoms with E-state index in [-0.39, 0.29) is 24.3 Å². The molecule has 0 saturated carbocycles. The lowest BCUT2D eigenvalue weighted by molar-refractivity contribution is 0.410. The quantitative estimate of drug-likeness (QED) is 0.809. The molecule has 0 aliphatic carbocycles. The SMILES string of the molecule is C=CCC[C@@H](N)c1ccc(OC)cc1F.Cl. The molecule has 16 heavy (non-hydrogen) atoms. The molecule has 0 aromatic heterocycles. The van der Waals surface area contributed by atoms with E-state index in [1.54, 1.807) is 18.2 Å². The topological polar surface area (TPSA) is 35.2 Å². The van der Waals surface area contributed by atoms with Gasteiger partial charge in [-0.15, -0.1) is 19.0 Å². The molecular formula is C12H17ClFNO. The summed E-state index contributed by atoms with van der Waals surface area (Å²) in [4.78, 5) is 0. The second-order valence-electron chi connectivity index (χ2n) is 3.36. The molecule has 0 aliphatic rings. The van der Waals surface area contributed by atoms with Gasteiger partial charge in [0.05, 0.1) is 7.11 Å². The Labute approximate surface area is 102 Å². The molecule has 0 spiro atoms. The molecule has 4 heteroatoms. The van der Waals surface area contributed by atoms with E-state index >= 15 is 0 Å². The van der Waals surface area contributed by atoms with Gasteiger partial charge in [-0.05, 0) is 18.9 Å². The molecule has 2 nitrogen and oxygen atoms in total. The number of hydrogen-bond acceptors (Lipinski definition) is 2. The number of rotatable bonds is 5. The lowest BCUT2D eigenvalue weighted by Crippen LogP contribution is -2.11. The Morgan fingerprint density at radius 1 is 1.56 bits per heavy atom. The highest BCUT2D eigenvalue weighted by Crippen LogP contribution is 2.23. The normalized spacial score (nSPS) is 11.4. The van der Waals surface area contributed by atoms with E-state index in [1.165, 1.54) is 13.2 Å². The van der Waals surface area contributed by atoms with Crippen molar-refractivity contribution in [2.45, 2.75) is 18.9 Å². The molecule has 1 aromatic rings. The van der Waals surface area contributed by atoms with Crippen LogP contribution in [-0.2, 0) is 0 Å². The van der Waals surface area contributed by atoms with Crippen LogP contribution in [0.1, 0.15) is 24.4 Å². The van der Waals surface area contributed by atoms with Crippen LogP contribution >= 0.6 is 12.4 Å². The van der Waals surface area contributed by atoms with Crippen molar-refractivity contribution in [3.8, 4) is 5.75 Å². The number of hydrogen-bond donors (Lipinski definition) is 1. The molecule has 1 aromatic carbocycles. The van der Waals surface area contributed by atoms with Gasteiger partial charge in [0.25, 0.3) is 0 Å². The Morgan fingerprint density at radius 2 is 2.25 bits per heavy atom. The first kappa shape index (κ1) is 14.9. The van der Waals surface area contributed by atoms with Crippen molar-refractivity contribution in [2.24, 2.45) is 5.73 Å². The summed E-state index contributed by atoms with van der Waals surface area (Å²) >= 11 is 0. The van der Waals surface area contributed by atoms with Crippen LogP contribution in [0.4, 0.5) is 4.39 Å². The second kappa shape index (κ2) is 7.25. The van der Waals surface area contributed by atoms with Crippen LogP contribution in [0.25, 0.3) is 0 Å². The van der Waals surface area contributed by atoms with Gasteiger partial charge in [-0.3, -0.25) is 0 Å². The van der Waals surface area contributed by atoms with Gasteiger partial charge in [-0.25, -0.2) is 4.39 Å². The minimum atomic E-state index is -0.314. The standard InChI is InChI=1S/C12H16FNO.ClH/c1-3-4-5-12(14)10-7-6-9(15-2)8-11(10)13;/h3,6-8,12H,1,4-5,14H2,2H3;1H/t12-;/m1./s1. The van der Waals surface area contributed by atoms with E-state index in [4.69, 9.17) is 10.5 Å². The van der Waals surface area contributed by atoms with Crippen LogP contribution in [0.5, 0.6) is 5.75 Å². The maximum atomic E-state index is 13.5. The molecule has 0 radical (unpaired) electrons. The highest BCUT2D eigenvalue weighted by molar-refractivity contribution is 5.85. The molecule has 0 unspecified atom stereocenters. The van der Waals surface area contributed by atoms with E-state index < -0.39 is 0 Å². The summed E-state index contributed by atoms with van der Waals surface area (Å²) in [5, 5.41) is 0. The molecular weight excluding hydrogens is 229 g/mol. The number of methoxy groups -OCH3 is 1. The van der Waals surface area contributed by atoms with Crippen LogP contribution in [0.2, 0.25) is 0 Å². The van der Waals surface area contributed by atoms with Gasteiger partial charge < -0.3 is 10.5 Å². The molecule has 0 saturated heterocycles. The summed E-state index contributed by atoms with van der Waals surface area (Å²) < 4.78 is 18.4. The fraction of sp³-hybridized carbons (Fsp3) is 0.333. The predicted molar refractivity (Wildman–Crippen MR) is 66.6 cm³/mol. The monoisotopic (exact) mass is 245 g/mol. The highest BCUT2D eigenvalue weighted by atomic mass is 35.5. The van der Waals surface area contributed by atoms with Crippen molar-refractivity contribution in [3.63, 3.8) is 0 Å². The smallest absolute Gasteiger partial charge is 0.131 e. The van der Waals surface area contributed by atoms with Gasteiger partial charge in [0.15, 0.2) is 0 Å². The first-order chi connectivity index (χ1) is 7.19. The van der Waals surface area contributed by atoms with E-state index in [1.807, 2.05) is 0 Å². The van der Waals surface area contributed by atoms with Gasteiger partial charge in [0.2, 0.25) is 0 Å². The zero-order valence-corrected chi connectivity index (χ0v) is 10.1. The van der Waals surface area contributed by atoms with Crippen molar-refractivity contribution in [3.05, 3.63) is 42.2 Å². The summed E-state index contributed by atoms with van der Waals surface area (Å²) in [6.45, 7) is 3.61. The molecule has 0 aliphatic heterocycles. The molecule has 0 fully saturated rings. The molecule has 0 amide bonds. The fourth-order valence-corrected chi connectivity index (χ4v) is 1.39. The third-order valence-electron chi connectivity index (χ3n) is 2.29. The van der Waals surface area contributed by atoms with Crippen molar-refractivity contribution >= 4 is 12.4 Å². The van der Waals surface area contributed by atoms with Crippen LogP contribution in [-0.4, -0.2) is 7.11 Å². The van der Waals surface area contributed by atoms with Crippen LogP contribution < -0.4 is 10.5 Å². The average molecular weight is 246 g/mol. The Hall–Kier alpha value is -1.06. The minimum Gasteiger partial charge on any atom is -0.497 e. The van der Waals surface area contributed by atoms with E-state index in [2.05, 4.69) is 6.58 Å². The molecule has 2 N–H and O–H groups in total. The maximum Gasteiger partial charge on any atom is 0.131 e. The van der Waals surface area contributed by atoms with Gasteiger partial charge in [-0.2, -0.15) is 0 Å². The Balaban J connectivity index is 0.00000225. The lowest BCUT2D eigenvalue weighted by Gasteiger charge is -2.12. The van der Waals surface area contributed by atoms with Crippen LogP contribution in [0, 0.1) is 5.82 Å². The van der Waals surface area contributed by atoms with Gasteiger partial charge in [0.1, 0.15) is 11.6 Å². The zero-order valence-electron chi connectivity index (χ0n) is 9.28. The summed E-state index contributed by atoms with van der Waals surface area (Å²) in [6, 6.07) is 4.45. The van der Waals surface area contributed by atoms with E-state index in [0.29, 0.717) is 17.7 Å². The number of benzene rings is 1. The number of halogens is 2. The largest absolute Gasteiger partial charge is 0.497 e. The van der Waals surface area contributed by atoms with E-state index in [9.17, 15) is 4.39 Å². The Bertz CT molecular complexity index is 344. The molecule has 1 rings (SSSR count). The molecule has 0 bridgehead atoms. The third kappa shape index (κ3) is 3.83. The van der Waals surface area contributed by atoms with Crippen molar-refractivity contribution in [1.29, 1.82) is 0 Å². The van der Waals surface area contributed by atoms with Gasteiger partial charge in [-0.1, -0.05) is 12.1 Å². The fourth-order valence-electron chi connectivity index (χ4n) is 1.39. The first-order valence-corrected chi connectivity index (χ1v) is 4.89. The van der Waals surface area contributed by atoms with Crippen molar-refractivity contribution in [2.75, 3.05) is 7.11 Å². The first-order valence-electron chi connectivity index (χ1n) is 4.89. The maximum absolute atomic E-state index is 13.5. The van der Waals surface area contributed by atoms with Crippen LogP contribution in [0.15, 0.2) is 30.9 Å². The van der Waals surface area contributed by atoms with Gasteiger partial charge >= 0.3 is 0 Å².